The average Bonchev–Trinajstić information content (AvgIpc) is 3.57. The first-order valence-electron chi connectivity index (χ1n) is 10.2. The summed E-state index contributed by atoms with van der Waals surface area (Å²) in [6.07, 6.45) is 5.68. The van der Waals surface area contributed by atoms with Crippen molar-refractivity contribution in [2.24, 2.45) is 7.05 Å². The Labute approximate surface area is 186 Å². The van der Waals surface area contributed by atoms with Gasteiger partial charge in [0.25, 0.3) is 5.91 Å². The Morgan fingerprint density at radius 3 is 2.97 bits per heavy atom. The summed E-state index contributed by atoms with van der Waals surface area (Å²) < 4.78 is 8.66. The van der Waals surface area contributed by atoms with Crippen molar-refractivity contribution >= 4 is 27.5 Å². The van der Waals surface area contributed by atoms with Gasteiger partial charge in [0.2, 0.25) is 11.7 Å². The molecule has 1 aromatic carbocycles. The third kappa shape index (κ3) is 2.94. The minimum Gasteiger partial charge on any atom is -0.431 e. The second-order valence-electron chi connectivity index (χ2n) is 7.77. The van der Waals surface area contributed by atoms with E-state index in [1.165, 1.54) is 6.20 Å². The lowest BCUT2D eigenvalue weighted by atomic mass is 10.0. The zero-order chi connectivity index (χ0) is 21.8. The van der Waals surface area contributed by atoms with Gasteiger partial charge in [-0.25, -0.2) is 15.0 Å². The molecule has 1 aliphatic heterocycles. The van der Waals surface area contributed by atoms with Crippen LogP contribution in [0.3, 0.4) is 0 Å². The third-order valence-corrected chi connectivity index (χ3v) is 6.78. The molecule has 1 amide bonds. The molecule has 5 heterocycles. The Balaban J connectivity index is 1.40. The number of benzene rings is 1. The molecule has 9 nitrogen and oxygen atoms in total. The van der Waals surface area contributed by atoms with Crippen LogP contribution in [0.2, 0.25) is 0 Å². The number of carbonyl (C=O) groups is 1. The van der Waals surface area contributed by atoms with Crippen LogP contribution in [-0.4, -0.2) is 47.1 Å². The number of fused-ring (bicyclic) bond motifs is 2. The number of nitrogens with one attached hydrogen (secondary N) is 1. The van der Waals surface area contributed by atoms with Crippen LogP contribution in [0.5, 0.6) is 0 Å². The summed E-state index contributed by atoms with van der Waals surface area (Å²) in [7, 11) is 1.84. The number of aromatic amines is 1. The molecule has 0 unspecified atom stereocenters. The van der Waals surface area contributed by atoms with E-state index in [1.54, 1.807) is 27.2 Å². The zero-order valence-corrected chi connectivity index (χ0v) is 18.3. The van der Waals surface area contributed by atoms with Gasteiger partial charge >= 0.3 is 0 Å². The highest BCUT2D eigenvalue weighted by Gasteiger charge is 2.37. The molecule has 1 N–H and O–H groups in total. The summed E-state index contributed by atoms with van der Waals surface area (Å²) >= 11 is 1.58. The minimum absolute atomic E-state index is 0.188. The third-order valence-electron chi connectivity index (χ3n) is 5.69. The van der Waals surface area contributed by atoms with Gasteiger partial charge in [-0.15, -0.1) is 11.3 Å². The van der Waals surface area contributed by atoms with Gasteiger partial charge in [-0.1, -0.05) is 12.1 Å². The number of imidazole rings is 1. The number of rotatable bonds is 3. The Morgan fingerprint density at radius 1 is 1.28 bits per heavy atom. The number of aromatic nitrogens is 6. The van der Waals surface area contributed by atoms with Gasteiger partial charge in [0.1, 0.15) is 11.0 Å². The van der Waals surface area contributed by atoms with Gasteiger partial charge in [0.15, 0.2) is 0 Å². The van der Waals surface area contributed by atoms with Crippen LogP contribution >= 0.6 is 11.3 Å². The van der Waals surface area contributed by atoms with Gasteiger partial charge in [0.05, 0.1) is 39.7 Å². The molecule has 1 atom stereocenters. The number of aryl methyl sites for hydroxylation is 2. The van der Waals surface area contributed by atoms with Crippen LogP contribution in [-0.2, 0) is 13.5 Å². The van der Waals surface area contributed by atoms with E-state index in [2.05, 4.69) is 20.1 Å². The lowest BCUT2D eigenvalue weighted by molar-refractivity contribution is 0.0659. The predicted molar refractivity (Wildman–Crippen MR) is 118 cm³/mol. The average molecular weight is 446 g/mol. The van der Waals surface area contributed by atoms with E-state index < -0.39 is 0 Å². The number of hydrogen-bond acceptors (Lipinski definition) is 7. The molecule has 0 bridgehead atoms. The highest BCUT2D eigenvalue weighted by molar-refractivity contribution is 7.18. The van der Waals surface area contributed by atoms with Crippen LogP contribution in [0.1, 0.15) is 38.7 Å². The van der Waals surface area contributed by atoms with Gasteiger partial charge in [-0.2, -0.15) is 5.10 Å². The lowest BCUT2D eigenvalue weighted by Gasteiger charge is -2.33. The molecule has 0 saturated carbocycles. The predicted octanol–water partition coefficient (Wildman–Crippen LogP) is 3.50. The van der Waals surface area contributed by atoms with Crippen LogP contribution in [0.15, 0.2) is 47.4 Å². The van der Waals surface area contributed by atoms with Crippen molar-refractivity contribution in [3.8, 4) is 11.5 Å². The fourth-order valence-electron chi connectivity index (χ4n) is 4.20. The Bertz CT molecular complexity index is 1430. The van der Waals surface area contributed by atoms with Crippen molar-refractivity contribution < 1.29 is 9.21 Å². The van der Waals surface area contributed by atoms with Crippen molar-refractivity contribution in [1.29, 1.82) is 0 Å². The molecule has 160 valence electrons. The quantitative estimate of drug-likeness (QED) is 0.456. The van der Waals surface area contributed by atoms with Gasteiger partial charge in [-0.05, 0) is 19.1 Å². The summed E-state index contributed by atoms with van der Waals surface area (Å²) in [5.41, 5.74) is 4.33. The number of para-hydroxylation sites is 1. The Hall–Kier alpha value is -3.79. The maximum atomic E-state index is 13.6. The maximum Gasteiger partial charge on any atom is 0.292 e. The standard InChI is InChI=1S/C22H19N7O2S/c1-12-13(10-28(2)27-12)20-23-9-16(31-20)22(30)29-8-7-15-18(25-11-24-15)19(29)21-26-14-5-3-4-6-17(14)32-21/h3-6,9-11,19H,7-8H2,1-2H3,(H,24,25)/t19-/m0/s1. The number of oxazole rings is 1. The van der Waals surface area contributed by atoms with E-state index in [9.17, 15) is 4.79 Å². The van der Waals surface area contributed by atoms with Crippen molar-refractivity contribution in [3.05, 3.63) is 70.8 Å². The van der Waals surface area contributed by atoms with E-state index in [-0.39, 0.29) is 17.7 Å². The molecule has 1 aliphatic rings. The van der Waals surface area contributed by atoms with Crippen molar-refractivity contribution in [1.82, 2.24) is 34.6 Å². The number of hydrogen-bond donors (Lipinski definition) is 1. The van der Waals surface area contributed by atoms with E-state index in [4.69, 9.17) is 9.40 Å². The smallest absolute Gasteiger partial charge is 0.292 e. The van der Waals surface area contributed by atoms with E-state index in [1.807, 2.05) is 44.4 Å². The molecular formula is C22H19N7O2S. The summed E-state index contributed by atoms with van der Waals surface area (Å²) in [4.78, 5) is 32.3. The number of H-pyrrole nitrogens is 1. The summed E-state index contributed by atoms with van der Waals surface area (Å²) in [6, 6.07) is 7.59. The normalized spacial score (nSPS) is 15.9. The molecule has 5 aromatic rings. The maximum absolute atomic E-state index is 13.6. The lowest BCUT2D eigenvalue weighted by Crippen LogP contribution is -2.40. The van der Waals surface area contributed by atoms with E-state index in [0.29, 0.717) is 18.9 Å². The Morgan fingerprint density at radius 2 is 2.16 bits per heavy atom. The highest BCUT2D eigenvalue weighted by Crippen LogP contribution is 2.38. The fraction of sp³-hybridized carbons (Fsp3) is 0.227. The first kappa shape index (κ1) is 18.9. The molecule has 4 aromatic heterocycles. The molecule has 32 heavy (non-hydrogen) atoms. The second-order valence-corrected chi connectivity index (χ2v) is 8.83. The monoisotopic (exact) mass is 445 g/mol. The van der Waals surface area contributed by atoms with Crippen LogP contribution in [0, 0.1) is 6.92 Å². The van der Waals surface area contributed by atoms with Crippen LogP contribution < -0.4 is 0 Å². The van der Waals surface area contributed by atoms with Gasteiger partial charge in [0, 0.05) is 31.9 Å². The summed E-state index contributed by atoms with van der Waals surface area (Å²) in [5.74, 6) is 0.338. The van der Waals surface area contributed by atoms with Crippen LogP contribution in [0.25, 0.3) is 21.7 Å². The number of amides is 1. The molecule has 0 fully saturated rings. The highest BCUT2D eigenvalue weighted by atomic mass is 32.1. The van der Waals surface area contributed by atoms with Crippen LogP contribution in [0.4, 0.5) is 0 Å². The molecule has 0 saturated heterocycles. The molecule has 0 radical (unpaired) electrons. The zero-order valence-electron chi connectivity index (χ0n) is 17.4. The Kier molecular flexibility index (Phi) is 4.22. The number of thiazole rings is 1. The van der Waals surface area contributed by atoms with E-state index >= 15 is 0 Å². The number of carbonyl (C=O) groups excluding carboxylic acids is 1. The SMILES string of the molecule is Cc1nn(C)cc1-c1ncc(C(=O)N2CCc3[nH]cnc3[C@H]2c2nc3ccccc3s2)o1. The van der Waals surface area contributed by atoms with Crippen molar-refractivity contribution in [2.45, 2.75) is 19.4 Å². The number of nitrogens with zero attached hydrogens (tertiary/aromatic N) is 6. The first-order chi connectivity index (χ1) is 15.6. The largest absolute Gasteiger partial charge is 0.431 e. The topological polar surface area (TPSA) is 106 Å². The second kappa shape index (κ2) is 7.13. The molecule has 6 rings (SSSR count). The summed E-state index contributed by atoms with van der Waals surface area (Å²) in [5, 5.41) is 5.15. The minimum atomic E-state index is -0.386. The molecule has 0 aliphatic carbocycles. The van der Waals surface area contributed by atoms with Gasteiger partial charge < -0.3 is 14.3 Å². The van der Waals surface area contributed by atoms with Crippen molar-refractivity contribution in [2.75, 3.05) is 6.54 Å². The van der Waals surface area contributed by atoms with Crippen molar-refractivity contribution in [3.63, 3.8) is 0 Å². The first-order valence-corrected chi connectivity index (χ1v) is 11.0. The van der Waals surface area contributed by atoms with Gasteiger partial charge in [-0.3, -0.25) is 9.48 Å². The molecule has 0 spiro atoms. The summed E-state index contributed by atoms with van der Waals surface area (Å²) in [6.45, 7) is 2.41. The molecule has 10 heteroatoms. The molecular weight excluding hydrogens is 426 g/mol. The fourth-order valence-corrected chi connectivity index (χ4v) is 5.29. The van der Waals surface area contributed by atoms with E-state index in [0.717, 1.165) is 37.9 Å².